The lowest BCUT2D eigenvalue weighted by molar-refractivity contribution is 1.12. The first-order valence-electron chi connectivity index (χ1n) is 22.4. The summed E-state index contributed by atoms with van der Waals surface area (Å²) >= 11 is 1.86. The van der Waals surface area contributed by atoms with Gasteiger partial charge < -0.3 is 9.13 Å². The summed E-state index contributed by atoms with van der Waals surface area (Å²) in [5.41, 5.74) is 13.4. The van der Waals surface area contributed by atoms with Gasteiger partial charge in [-0.2, -0.15) is 0 Å². The summed E-state index contributed by atoms with van der Waals surface area (Å²) in [4.78, 5) is 19.8. The van der Waals surface area contributed by atoms with Crippen LogP contribution in [-0.2, 0) is 0 Å². The quantitative estimate of drug-likeness (QED) is 0.167. The maximum absolute atomic E-state index is 5.39. The molecule has 0 saturated heterocycles. The summed E-state index contributed by atoms with van der Waals surface area (Å²) in [6, 6.07) is 69.5. The maximum atomic E-state index is 5.39. The van der Waals surface area contributed by atoms with Crippen LogP contribution in [0.1, 0.15) is 0 Å². The van der Waals surface area contributed by atoms with E-state index in [1.807, 2.05) is 54.3 Å². The molecule has 6 aromatic heterocycles. The van der Waals surface area contributed by atoms with Crippen LogP contribution in [0.3, 0.4) is 0 Å². The molecule has 0 atom stereocenters. The van der Waals surface area contributed by atoms with Crippen molar-refractivity contribution in [1.29, 1.82) is 0 Å². The minimum absolute atomic E-state index is 0.663. The van der Waals surface area contributed by atoms with Crippen LogP contribution in [0, 0.1) is 0 Å². The molecule has 7 heteroatoms. The smallest absolute Gasteiger partial charge is 0.160 e. The number of para-hydroxylation sites is 2. The van der Waals surface area contributed by atoms with Crippen molar-refractivity contribution in [1.82, 2.24) is 29.1 Å². The number of fused-ring (bicyclic) bond motifs is 11. The molecule has 312 valence electrons. The molecule has 0 aliphatic rings. The van der Waals surface area contributed by atoms with E-state index in [-0.39, 0.29) is 0 Å². The van der Waals surface area contributed by atoms with Gasteiger partial charge in [-0.25, -0.2) is 9.97 Å². The minimum atomic E-state index is 0.663. The first-order valence-corrected chi connectivity index (χ1v) is 23.2. The number of thiophene rings is 1. The van der Waals surface area contributed by atoms with E-state index in [9.17, 15) is 0 Å². The maximum Gasteiger partial charge on any atom is 0.160 e. The van der Waals surface area contributed by atoms with Gasteiger partial charge in [-0.3, -0.25) is 9.97 Å². The Kier molecular flexibility index (Phi) is 8.35. The summed E-state index contributed by atoms with van der Waals surface area (Å²) in [7, 11) is 0. The summed E-state index contributed by atoms with van der Waals surface area (Å²) in [5.74, 6) is 0.663. The number of hydrogen-bond donors (Lipinski definition) is 0. The Balaban J connectivity index is 0.984. The molecule has 6 nitrogen and oxygen atoms in total. The fourth-order valence-corrected chi connectivity index (χ4v) is 11.5. The SMILES string of the molecule is c1ccc(-c2nc(-c3ccc(-c4cc5sc6ccccc6c5c5ccccc45)cc3)cc(-c3cc(-n4c5ccccc5c5cnccc54)cc(-n4c5ccccc5c5cnccc54)c3)n2)cc1. The molecule has 8 aromatic carbocycles. The van der Waals surface area contributed by atoms with Gasteiger partial charge in [-0.15, -0.1) is 11.3 Å². The fraction of sp³-hybridized carbons (Fsp3) is 0. The van der Waals surface area contributed by atoms with Crippen molar-refractivity contribution in [3.05, 3.63) is 219 Å². The van der Waals surface area contributed by atoms with Crippen LogP contribution in [-0.4, -0.2) is 29.1 Å². The molecular weight excluding hydrogens is 837 g/mol. The van der Waals surface area contributed by atoms with Gasteiger partial charge in [0.25, 0.3) is 0 Å². The highest BCUT2D eigenvalue weighted by Gasteiger charge is 2.20. The largest absolute Gasteiger partial charge is 0.309 e. The van der Waals surface area contributed by atoms with E-state index < -0.39 is 0 Å². The first-order chi connectivity index (χ1) is 33.2. The molecule has 6 heterocycles. The molecule has 0 amide bonds. The van der Waals surface area contributed by atoms with Crippen molar-refractivity contribution in [2.75, 3.05) is 0 Å². The van der Waals surface area contributed by atoms with E-state index in [4.69, 9.17) is 9.97 Å². The van der Waals surface area contributed by atoms with E-state index in [1.54, 1.807) is 0 Å². The molecule has 0 aliphatic heterocycles. The Morgan fingerprint density at radius 3 is 1.52 bits per heavy atom. The zero-order valence-electron chi connectivity index (χ0n) is 35.9. The second-order valence-electron chi connectivity index (χ2n) is 17.1. The Hall–Kier alpha value is -8.78. The van der Waals surface area contributed by atoms with Gasteiger partial charge in [-0.05, 0) is 82.6 Å². The predicted molar refractivity (Wildman–Crippen MR) is 278 cm³/mol. The third-order valence-corrected chi connectivity index (χ3v) is 14.4. The number of nitrogens with zero attached hydrogens (tertiary/aromatic N) is 6. The molecule has 14 aromatic rings. The lowest BCUT2D eigenvalue weighted by Crippen LogP contribution is -2.01. The van der Waals surface area contributed by atoms with Crippen molar-refractivity contribution in [3.8, 4) is 56.4 Å². The average Bonchev–Trinajstić information content (AvgIpc) is 4.06. The predicted octanol–water partition coefficient (Wildman–Crippen LogP) is 15.6. The third kappa shape index (κ3) is 5.95. The van der Waals surface area contributed by atoms with Gasteiger partial charge in [0, 0.05) is 94.6 Å². The molecular formula is C60H36N6S. The standard InChI is InChI=1S/C60H36N6S/c1-2-12-39(13-3-1)60-63-51(38-24-22-37(23-25-38)48-33-58-59(46-17-5-4-14-43(46)48)47-18-8-11-21-57(47)67-58)34-52(64-60)40-30-41(65-53-19-9-6-15-44(53)49-35-61-28-26-55(49)65)32-42(31-40)66-54-20-10-7-16-45(54)50-36-62-29-27-56(50)66/h1-36H. The molecule has 0 saturated carbocycles. The minimum Gasteiger partial charge on any atom is -0.309 e. The third-order valence-electron chi connectivity index (χ3n) is 13.3. The number of hydrogen-bond acceptors (Lipinski definition) is 5. The van der Waals surface area contributed by atoms with E-state index in [0.29, 0.717) is 5.82 Å². The highest BCUT2D eigenvalue weighted by Crippen LogP contribution is 2.44. The zero-order valence-corrected chi connectivity index (χ0v) is 36.7. The number of benzene rings is 8. The summed E-state index contributed by atoms with van der Waals surface area (Å²) in [6.45, 7) is 0. The number of pyridine rings is 2. The lowest BCUT2D eigenvalue weighted by Gasteiger charge is -2.16. The Labute approximate surface area is 388 Å². The Morgan fingerprint density at radius 1 is 0.343 bits per heavy atom. The van der Waals surface area contributed by atoms with Crippen LogP contribution < -0.4 is 0 Å². The fourth-order valence-electron chi connectivity index (χ4n) is 10.3. The monoisotopic (exact) mass is 872 g/mol. The van der Waals surface area contributed by atoms with Crippen molar-refractivity contribution >= 4 is 85.9 Å². The van der Waals surface area contributed by atoms with Crippen LogP contribution in [0.25, 0.3) is 131 Å². The summed E-state index contributed by atoms with van der Waals surface area (Å²) < 4.78 is 7.31. The van der Waals surface area contributed by atoms with Gasteiger partial charge in [0.05, 0.1) is 33.5 Å². The molecule has 0 aliphatic carbocycles. The van der Waals surface area contributed by atoms with Crippen LogP contribution in [0.4, 0.5) is 0 Å². The van der Waals surface area contributed by atoms with E-state index in [2.05, 4.69) is 195 Å². The molecule has 0 radical (unpaired) electrons. The first kappa shape index (κ1) is 37.6. The van der Waals surface area contributed by atoms with E-state index >= 15 is 0 Å². The van der Waals surface area contributed by atoms with Gasteiger partial charge >= 0.3 is 0 Å². The molecule has 67 heavy (non-hydrogen) atoms. The molecule has 14 rings (SSSR count). The van der Waals surface area contributed by atoms with E-state index in [1.165, 1.54) is 36.5 Å². The van der Waals surface area contributed by atoms with Crippen LogP contribution in [0.5, 0.6) is 0 Å². The number of aromatic nitrogens is 6. The highest BCUT2D eigenvalue weighted by atomic mass is 32.1. The van der Waals surface area contributed by atoms with Crippen molar-refractivity contribution in [3.63, 3.8) is 0 Å². The lowest BCUT2D eigenvalue weighted by atomic mass is 9.94. The topological polar surface area (TPSA) is 61.4 Å². The zero-order chi connectivity index (χ0) is 44.0. The number of rotatable bonds is 6. The van der Waals surface area contributed by atoms with Gasteiger partial charge in [-0.1, -0.05) is 133 Å². The average molecular weight is 873 g/mol. The van der Waals surface area contributed by atoms with E-state index in [0.717, 1.165) is 88.6 Å². The van der Waals surface area contributed by atoms with Gasteiger partial charge in [0.2, 0.25) is 0 Å². The molecule has 0 unspecified atom stereocenters. The Morgan fingerprint density at radius 2 is 0.866 bits per heavy atom. The highest BCUT2D eigenvalue weighted by molar-refractivity contribution is 7.26. The summed E-state index contributed by atoms with van der Waals surface area (Å²) in [6.07, 6.45) is 7.69. The van der Waals surface area contributed by atoms with Crippen molar-refractivity contribution < 1.29 is 0 Å². The molecule has 0 fully saturated rings. The Bertz CT molecular complexity index is 4040. The van der Waals surface area contributed by atoms with Crippen LogP contribution >= 0.6 is 11.3 Å². The normalized spacial score (nSPS) is 11.9. The van der Waals surface area contributed by atoms with Gasteiger partial charge in [0.15, 0.2) is 5.82 Å². The van der Waals surface area contributed by atoms with Crippen molar-refractivity contribution in [2.24, 2.45) is 0 Å². The van der Waals surface area contributed by atoms with Crippen LogP contribution in [0.15, 0.2) is 219 Å². The molecule has 0 N–H and O–H groups in total. The second kappa shape index (κ2) is 14.9. The summed E-state index contributed by atoms with van der Waals surface area (Å²) in [5, 5.41) is 9.67. The molecule has 0 spiro atoms. The van der Waals surface area contributed by atoms with Crippen molar-refractivity contribution in [2.45, 2.75) is 0 Å². The van der Waals surface area contributed by atoms with Gasteiger partial charge in [0.1, 0.15) is 0 Å². The second-order valence-corrected chi connectivity index (χ2v) is 18.2. The molecule has 0 bridgehead atoms. The van der Waals surface area contributed by atoms with Crippen LogP contribution in [0.2, 0.25) is 0 Å².